The number of alkyl halides is 1. The maximum Gasteiger partial charge on any atom is 0.328 e. The first-order valence-corrected chi connectivity index (χ1v) is 12.5. The summed E-state index contributed by atoms with van der Waals surface area (Å²) in [5.74, 6) is -2.82. The number of carboxylic acid groups (broad SMARTS) is 1. The fourth-order valence-corrected chi connectivity index (χ4v) is 5.09. The minimum Gasteiger partial charge on any atom is -0.478 e. The number of benzene rings is 2. The second-order valence-electron chi connectivity index (χ2n) is 10.3. The van der Waals surface area contributed by atoms with E-state index in [0.29, 0.717) is 6.42 Å². The van der Waals surface area contributed by atoms with Crippen LogP contribution in [0.2, 0.25) is 0 Å². The summed E-state index contributed by atoms with van der Waals surface area (Å²) < 4.78 is 47.8. The van der Waals surface area contributed by atoms with E-state index in [2.05, 4.69) is 12.0 Å². The molecule has 2 heterocycles. The van der Waals surface area contributed by atoms with Gasteiger partial charge in [0.2, 0.25) is 0 Å². The van der Waals surface area contributed by atoms with Crippen molar-refractivity contribution in [2.75, 3.05) is 6.54 Å². The Morgan fingerprint density at radius 2 is 1.89 bits per heavy atom. The molecule has 4 rings (SSSR count). The van der Waals surface area contributed by atoms with Crippen LogP contribution in [0.1, 0.15) is 62.4 Å². The number of halogens is 3. The summed E-state index contributed by atoms with van der Waals surface area (Å²) in [5, 5.41) is 13.3. The van der Waals surface area contributed by atoms with Gasteiger partial charge in [0.25, 0.3) is 0 Å². The molecule has 0 radical (unpaired) electrons. The molecule has 196 valence electrons. The Morgan fingerprint density at radius 3 is 2.51 bits per heavy atom. The van der Waals surface area contributed by atoms with Gasteiger partial charge >= 0.3 is 5.97 Å². The van der Waals surface area contributed by atoms with E-state index in [1.165, 1.54) is 13.8 Å². The van der Waals surface area contributed by atoms with Crippen molar-refractivity contribution in [1.82, 2.24) is 14.7 Å². The quantitative estimate of drug-likeness (QED) is 0.355. The molecule has 1 aliphatic heterocycles. The Balaban J connectivity index is 1.82. The van der Waals surface area contributed by atoms with Gasteiger partial charge in [0.1, 0.15) is 17.3 Å². The smallest absolute Gasteiger partial charge is 0.328 e. The molecule has 1 aromatic heterocycles. The highest BCUT2D eigenvalue weighted by Gasteiger charge is 2.39. The summed E-state index contributed by atoms with van der Waals surface area (Å²) in [5.41, 5.74) is 1.92. The van der Waals surface area contributed by atoms with Crippen LogP contribution in [0.3, 0.4) is 0 Å². The number of aromatic nitrogens is 2. The summed E-state index contributed by atoms with van der Waals surface area (Å²) in [6.45, 7) is 7.73. The Hall–Kier alpha value is -3.39. The highest BCUT2D eigenvalue weighted by Crippen LogP contribution is 2.42. The molecular weight excluding hydrogens is 479 g/mol. The molecule has 2 aromatic carbocycles. The zero-order valence-electron chi connectivity index (χ0n) is 21.5. The number of fused-ring (bicyclic) bond motifs is 1. The third-order valence-corrected chi connectivity index (χ3v) is 6.62. The molecule has 8 heteroatoms. The standard InChI is InChI=1S/C29H32F3N3O2/c1-5-10-34-16-22(15-33-34)20-7-8-23-21(14-20)11-18(2)35(17-29(3,4)32)28(23)27-24(30)12-19(13-25(27)31)6-9-26(36)37/h6-9,12-16,18,28H,5,10-11,17H2,1-4H3,(H,36,37)/b9-6+/t18-,28+/m1/s1. The largest absolute Gasteiger partial charge is 0.478 e. The number of hydrogen-bond acceptors (Lipinski definition) is 3. The topological polar surface area (TPSA) is 58.4 Å². The predicted molar refractivity (Wildman–Crippen MR) is 138 cm³/mol. The molecule has 0 amide bonds. The Morgan fingerprint density at radius 1 is 1.19 bits per heavy atom. The number of aliphatic carboxylic acids is 1. The maximum atomic E-state index is 15.5. The molecule has 2 atom stereocenters. The van der Waals surface area contributed by atoms with E-state index >= 15 is 8.78 Å². The molecule has 0 fully saturated rings. The number of carboxylic acids is 1. The van der Waals surface area contributed by atoms with E-state index in [-0.39, 0.29) is 23.7 Å². The number of nitrogens with zero attached hydrogens (tertiary/aromatic N) is 3. The van der Waals surface area contributed by atoms with E-state index in [0.717, 1.165) is 59.5 Å². The number of carbonyl (C=O) groups is 1. The number of hydrogen-bond donors (Lipinski definition) is 1. The molecule has 0 saturated carbocycles. The van der Waals surface area contributed by atoms with Crippen LogP contribution in [0.15, 0.2) is 48.8 Å². The molecule has 0 aliphatic carbocycles. The minimum absolute atomic E-state index is 0.0106. The van der Waals surface area contributed by atoms with Gasteiger partial charge in [-0.25, -0.2) is 18.0 Å². The summed E-state index contributed by atoms with van der Waals surface area (Å²) in [6.07, 6.45) is 7.32. The van der Waals surface area contributed by atoms with Gasteiger partial charge in [-0.3, -0.25) is 9.58 Å². The Kier molecular flexibility index (Phi) is 7.59. The maximum absolute atomic E-state index is 15.5. The van der Waals surface area contributed by atoms with Gasteiger partial charge in [0.05, 0.1) is 12.2 Å². The summed E-state index contributed by atoms with van der Waals surface area (Å²) >= 11 is 0. The van der Waals surface area contributed by atoms with Crippen molar-refractivity contribution in [2.24, 2.45) is 0 Å². The predicted octanol–water partition coefficient (Wildman–Crippen LogP) is 6.42. The summed E-state index contributed by atoms with van der Waals surface area (Å²) in [4.78, 5) is 12.7. The SMILES string of the molecule is CCCn1cc(-c2ccc3c(c2)C[C@@H](C)N(CC(C)(C)F)[C@@H]3c2c(F)cc(/C=C/C(=O)O)cc2F)cn1. The highest BCUT2D eigenvalue weighted by atomic mass is 19.1. The van der Waals surface area contributed by atoms with E-state index < -0.39 is 29.3 Å². The first-order valence-electron chi connectivity index (χ1n) is 12.5. The van der Waals surface area contributed by atoms with Gasteiger partial charge in [-0.2, -0.15) is 5.10 Å². The monoisotopic (exact) mass is 511 g/mol. The van der Waals surface area contributed by atoms with Crippen LogP contribution in [0.25, 0.3) is 17.2 Å². The lowest BCUT2D eigenvalue weighted by Gasteiger charge is -2.44. The van der Waals surface area contributed by atoms with Crippen molar-refractivity contribution >= 4 is 12.0 Å². The molecule has 0 spiro atoms. The average molecular weight is 512 g/mol. The van der Waals surface area contributed by atoms with Crippen LogP contribution in [0.4, 0.5) is 13.2 Å². The van der Waals surface area contributed by atoms with Crippen LogP contribution >= 0.6 is 0 Å². The van der Waals surface area contributed by atoms with Crippen molar-refractivity contribution in [1.29, 1.82) is 0 Å². The zero-order valence-corrected chi connectivity index (χ0v) is 21.5. The minimum atomic E-state index is -1.59. The van der Waals surface area contributed by atoms with Crippen molar-refractivity contribution in [3.05, 3.63) is 82.7 Å². The van der Waals surface area contributed by atoms with Crippen LogP contribution in [-0.4, -0.2) is 44.0 Å². The molecular formula is C29H32F3N3O2. The first-order chi connectivity index (χ1) is 17.5. The lowest BCUT2D eigenvalue weighted by atomic mass is 9.82. The molecule has 37 heavy (non-hydrogen) atoms. The average Bonchev–Trinajstić information content (AvgIpc) is 3.27. The van der Waals surface area contributed by atoms with Crippen molar-refractivity contribution in [2.45, 2.75) is 64.8 Å². The van der Waals surface area contributed by atoms with Gasteiger partial charge in [-0.15, -0.1) is 0 Å². The molecule has 3 aromatic rings. The Bertz CT molecular complexity index is 1300. The van der Waals surface area contributed by atoms with Crippen LogP contribution in [0.5, 0.6) is 0 Å². The molecule has 5 nitrogen and oxygen atoms in total. The van der Waals surface area contributed by atoms with Crippen LogP contribution < -0.4 is 0 Å². The zero-order chi connectivity index (χ0) is 26.9. The van der Waals surface area contributed by atoms with Crippen molar-refractivity contribution in [3.8, 4) is 11.1 Å². The van der Waals surface area contributed by atoms with Crippen molar-refractivity contribution in [3.63, 3.8) is 0 Å². The van der Waals surface area contributed by atoms with Gasteiger partial charge in [-0.05, 0) is 74.1 Å². The first kappa shape index (κ1) is 26.7. The van der Waals surface area contributed by atoms with Crippen LogP contribution in [-0.2, 0) is 17.8 Å². The van der Waals surface area contributed by atoms with E-state index in [1.807, 2.05) is 47.1 Å². The lowest BCUT2D eigenvalue weighted by molar-refractivity contribution is -0.131. The fourth-order valence-electron chi connectivity index (χ4n) is 5.09. The fraction of sp³-hybridized carbons (Fsp3) is 0.379. The molecule has 1 N–H and O–H groups in total. The third kappa shape index (κ3) is 5.96. The van der Waals surface area contributed by atoms with Gasteiger partial charge < -0.3 is 5.11 Å². The van der Waals surface area contributed by atoms with Gasteiger partial charge in [0, 0.05) is 42.5 Å². The molecule has 0 bridgehead atoms. The second kappa shape index (κ2) is 10.5. The van der Waals surface area contributed by atoms with E-state index in [4.69, 9.17) is 5.11 Å². The highest BCUT2D eigenvalue weighted by molar-refractivity contribution is 5.85. The summed E-state index contributed by atoms with van der Waals surface area (Å²) in [6, 6.07) is 7.02. The van der Waals surface area contributed by atoms with Crippen molar-refractivity contribution < 1.29 is 23.1 Å². The third-order valence-electron chi connectivity index (χ3n) is 6.62. The van der Waals surface area contributed by atoms with Crippen LogP contribution in [0, 0.1) is 11.6 Å². The molecule has 0 unspecified atom stereocenters. The number of aryl methyl sites for hydroxylation is 1. The summed E-state index contributed by atoms with van der Waals surface area (Å²) in [7, 11) is 0. The van der Waals surface area contributed by atoms with E-state index in [1.54, 1.807) is 0 Å². The van der Waals surface area contributed by atoms with E-state index in [9.17, 15) is 9.18 Å². The Labute approximate surface area is 215 Å². The normalized spacial score (nSPS) is 18.4. The molecule has 1 aliphatic rings. The lowest BCUT2D eigenvalue weighted by Crippen LogP contribution is -2.48. The second-order valence-corrected chi connectivity index (χ2v) is 10.3. The van der Waals surface area contributed by atoms with Gasteiger partial charge in [0.15, 0.2) is 0 Å². The molecule has 0 saturated heterocycles. The number of rotatable bonds is 8. The van der Waals surface area contributed by atoms with Gasteiger partial charge in [-0.1, -0.05) is 25.1 Å².